The largest absolute Gasteiger partial charge is 0.381 e. The van der Waals surface area contributed by atoms with Crippen LogP contribution in [-0.2, 0) is 9.53 Å². The number of rotatable bonds is 4. The Morgan fingerprint density at radius 1 is 1.22 bits per heavy atom. The highest BCUT2D eigenvalue weighted by Crippen LogP contribution is 2.22. The second-order valence-corrected chi connectivity index (χ2v) is 7.36. The molecule has 4 nitrogen and oxygen atoms in total. The minimum absolute atomic E-state index is 0.148. The van der Waals surface area contributed by atoms with Crippen LogP contribution in [0.3, 0.4) is 0 Å². The lowest BCUT2D eigenvalue weighted by atomic mass is 9.99. The first-order valence-corrected chi connectivity index (χ1v) is 9.41. The summed E-state index contributed by atoms with van der Waals surface area (Å²) >= 11 is 1.66. The summed E-state index contributed by atoms with van der Waals surface area (Å²) in [6.45, 7) is 4.02. The van der Waals surface area contributed by atoms with Gasteiger partial charge in [-0.15, -0.1) is 11.3 Å². The van der Waals surface area contributed by atoms with Gasteiger partial charge < -0.3 is 14.5 Å². The van der Waals surface area contributed by atoms with Crippen molar-refractivity contribution < 1.29 is 9.53 Å². The number of nitrogens with zero attached hydrogens (tertiary/aromatic N) is 2. The number of hydrogen-bond acceptors (Lipinski definition) is 4. The topological polar surface area (TPSA) is 32.8 Å². The molecule has 5 heteroatoms. The Morgan fingerprint density at radius 3 is 2.57 bits per heavy atom. The molecular formula is C18H26N2O2S. The molecule has 2 fully saturated rings. The van der Waals surface area contributed by atoms with Crippen molar-refractivity contribution in [2.24, 2.45) is 0 Å². The lowest BCUT2D eigenvalue weighted by Crippen LogP contribution is -2.49. The summed E-state index contributed by atoms with van der Waals surface area (Å²) < 4.78 is 5.45. The Hall–Kier alpha value is -1.17. The van der Waals surface area contributed by atoms with E-state index < -0.39 is 0 Å². The maximum atomic E-state index is 12.3. The van der Waals surface area contributed by atoms with E-state index in [1.807, 2.05) is 35.6 Å². The minimum atomic E-state index is 0.148. The van der Waals surface area contributed by atoms with Crippen LogP contribution in [0, 0.1) is 0 Å². The van der Waals surface area contributed by atoms with Crippen molar-refractivity contribution in [2.45, 2.75) is 37.8 Å². The molecular weight excluding hydrogens is 308 g/mol. The zero-order chi connectivity index (χ0) is 16.1. The van der Waals surface area contributed by atoms with Crippen LogP contribution >= 0.6 is 11.3 Å². The molecule has 0 saturated carbocycles. The highest BCUT2D eigenvalue weighted by Gasteiger charge is 2.29. The fraction of sp³-hybridized carbons (Fsp3) is 0.611. The predicted octanol–water partition coefficient (Wildman–Crippen LogP) is 2.86. The molecule has 23 heavy (non-hydrogen) atoms. The number of carbonyl (C=O) groups excluding carboxylic acids is 1. The van der Waals surface area contributed by atoms with Crippen molar-refractivity contribution >= 4 is 23.3 Å². The van der Waals surface area contributed by atoms with Crippen LogP contribution in [0.1, 0.15) is 30.6 Å². The van der Waals surface area contributed by atoms with E-state index in [0.29, 0.717) is 12.1 Å². The smallest absolute Gasteiger partial charge is 0.246 e. The molecule has 0 aliphatic carbocycles. The molecule has 1 aromatic rings. The fourth-order valence-electron chi connectivity index (χ4n) is 3.57. The number of piperidine rings is 2. The Bertz CT molecular complexity index is 513. The van der Waals surface area contributed by atoms with Crippen molar-refractivity contribution in [3.05, 3.63) is 28.5 Å². The van der Waals surface area contributed by atoms with Crippen molar-refractivity contribution in [1.29, 1.82) is 0 Å². The highest BCUT2D eigenvalue weighted by atomic mass is 32.1. The molecule has 1 amide bonds. The normalized spacial score (nSPS) is 22.0. The molecule has 0 aromatic carbocycles. The van der Waals surface area contributed by atoms with Gasteiger partial charge in [0, 0.05) is 50.3 Å². The van der Waals surface area contributed by atoms with E-state index in [-0.39, 0.29) is 5.91 Å². The van der Waals surface area contributed by atoms with Gasteiger partial charge in [-0.25, -0.2) is 0 Å². The van der Waals surface area contributed by atoms with Crippen molar-refractivity contribution in [3.8, 4) is 0 Å². The molecule has 0 unspecified atom stereocenters. The number of ether oxygens (including phenoxy) is 1. The maximum absolute atomic E-state index is 12.3. The van der Waals surface area contributed by atoms with Crippen molar-refractivity contribution in [2.75, 3.05) is 33.3 Å². The summed E-state index contributed by atoms with van der Waals surface area (Å²) in [5.74, 6) is 0.148. The number of hydrogen-bond donors (Lipinski definition) is 0. The lowest BCUT2D eigenvalue weighted by Gasteiger charge is -2.41. The number of carbonyl (C=O) groups is 1. The van der Waals surface area contributed by atoms with E-state index in [4.69, 9.17) is 4.74 Å². The van der Waals surface area contributed by atoms with Crippen LogP contribution in [0.2, 0.25) is 0 Å². The van der Waals surface area contributed by atoms with Gasteiger partial charge in [-0.3, -0.25) is 4.79 Å². The van der Waals surface area contributed by atoms with E-state index in [2.05, 4.69) is 4.90 Å². The Labute approximate surface area is 142 Å². The Kier molecular flexibility index (Phi) is 5.86. The zero-order valence-corrected chi connectivity index (χ0v) is 14.6. The third kappa shape index (κ3) is 4.43. The van der Waals surface area contributed by atoms with Gasteiger partial charge in [0.2, 0.25) is 5.91 Å². The minimum Gasteiger partial charge on any atom is -0.381 e. The second kappa shape index (κ2) is 8.08. The number of thiophene rings is 1. The quantitative estimate of drug-likeness (QED) is 0.794. The van der Waals surface area contributed by atoms with Crippen LogP contribution in [0.5, 0.6) is 0 Å². The van der Waals surface area contributed by atoms with Gasteiger partial charge in [0.25, 0.3) is 0 Å². The average molecular weight is 334 g/mol. The van der Waals surface area contributed by atoms with Crippen LogP contribution in [0.25, 0.3) is 6.08 Å². The SMILES string of the molecule is COC1CCN(C2CCN(C(=O)C=Cc3cccs3)CC2)CC1. The summed E-state index contributed by atoms with van der Waals surface area (Å²) in [7, 11) is 1.81. The summed E-state index contributed by atoms with van der Waals surface area (Å²) in [6, 6.07) is 4.68. The molecule has 2 saturated heterocycles. The zero-order valence-electron chi connectivity index (χ0n) is 13.8. The van der Waals surface area contributed by atoms with Crippen molar-refractivity contribution in [3.63, 3.8) is 0 Å². The summed E-state index contributed by atoms with van der Waals surface area (Å²) in [4.78, 5) is 18.0. The molecule has 2 aliphatic heterocycles. The highest BCUT2D eigenvalue weighted by molar-refractivity contribution is 7.10. The molecule has 0 atom stereocenters. The summed E-state index contributed by atoms with van der Waals surface area (Å²) in [6.07, 6.45) is 8.55. The number of likely N-dealkylation sites (tertiary alicyclic amines) is 2. The maximum Gasteiger partial charge on any atom is 0.246 e. The molecule has 0 radical (unpaired) electrons. The van der Waals surface area contributed by atoms with Gasteiger partial charge in [-0.2, -0.15) is 0 Å². The molecule has 0 spiro atoms. The van der Waals surface area contributed by atoms with Gasteiger partial charge in [0.05, 0.1) is 6.10 Å². The van der Waals surface area contributed by atoms with E-state index in [1.54, 1.807) is 17.4 Å². The van der Waals surface area contributed by atoms with Crippen LogP contribution in [0.4, 0.5) is 0 Å². The molecule has 3 heterocycles. The van der Waals surface area contributed by atoms with Gasteiger partial charge in [-0.1, -0.05) is 6.07 Å². The van der Waals surface area contributed by atoms with Crippen LogP contribution in [-0.4, -0.2) is 61.1 Å². The standard InChI is InChI=1S/C18H26N2O2S/c1-22-16-8-12-19(13-9-16)15-6-10-20(11-7-15)18(21)5-4-17-3-2-14-23-17/h2-5,14-16H,6-13H2,1H3. The van der Waals surface area contributed by atoms with E-state index in [9.17, 15) is 4.79 Å². The predicted molar refractivity (Wildman–Crippen MR) is 94.6 cm³/mol. The molecule has 126 valence electrons. The van der Waals surface area contributed by atoms with E-state index in [0.717, 1.165) is 56.7 Å². The first-order chi connectivity index (χ1) is 11.3. The van der Waals surface area contributed by atoms with Gasteiger partial charge in [0.15, 0.2) is 0 Å². The Balaban J connectivity index is 1.44. The summed E-state index contributed by atoms with van der Waals surface area (Å²) in [5.41, 5.74) is 0. The molecule has 2 aliphatic rings. The first-order valence-electron chi connectivity index (χ1n) is 8.53. The van der Waals surface area contributed by atoms with E-state index in [1.165, 1.54) is 0 Å². The lowest BCUT2D eigenvalue weighted by molar-refractivity contribution is -0.127. The fourth-order valence-corrected chi connectivity index (χ4v) is 4.19. The third-order valence-corrected chi connectivity index (χ3v) is 5.87. The summed E-state index contributed by atoms with van der Waals surface area (Å²) in [5, 5.41) is 2.03. The van der Waals surface area contributed by atoms with Crippen molar-refractivity contribution in [1.82, 2.24) is 9.80 Å². The second-order valence-electron chi connectivity index (χ2n) is 6.38. The van der Waals surface area contributed by atoms with Crippen LogP contribution in [0.15, 0.2) is 23.6 Å². The van der Waals surface area contributed by atoms with Crippen LogP contribution < -0.4 is 0 Å². The molecule has 3 rings (SSSR count). The first kappa shape index (κ1) is 16.7. The monoisotopic (exact) mass is 334 g/mol. The van der Waals surface area contributed by atoms with Gasteiger partial charge in [-0.05, 0) is 43.2 Å². The Morgan fingerprint density at radius 2 is 1.96 bits per heavy atom. The van der Waals surface area contributed by atoms with Gasteiger partial charge >= 0.3 is 0 Å². The number of amides is 1. The average Bonchev–Trinajstić information content (AvgIpc) is 3.13. The molecule has 0 bridgehead atoms. The number of methoxy groups -OCH3 is 1. The van der Waals surface area contributed by atoms with E-state index >= 15 is 0 Å². The molecule has 1 aromatic heterocycles. The van der Waals surface area contributed by atoms with Gasteiger partial charge in [0.1, 0.15) is 0 Å². The third-order valence-electron chi connectivity index (χ3n) is 5.04. The molecule has 0 N–H and O–H groups in total.